The maximum Gasteiger partial charge on any atom is 0.404 e. The van der Waals surface area contributed by atoms with Gasteiger partial charge in [0.25, 0.3) is 0 Å². The van der Waals surface area contributed by atoms with Gasteiger partial charge in [-0.2, -0.15) is 13.2 Å². The van der Waals surface area contributed by atoms with Gasteiger partial charge in [0.15, 0.2) is 0 Å². The van der Waals surface area contributed by atoms with E-state index >= 15 is 0 Å². The summed E-state index contributed by atoms with van der Waals surface area (Å²) in [5.74, 6) is 0.233. The maximum absolute atomic E-state index is 12.6. The highest BCUT2D eigenvalue weighted by atomic mass is 19.4. The van der Waals surface area contributed by atoms with Gasteiger partial charge in [0, 0.05) is 6.04 Å². The van der Waals surface area contributed by atoms with Crippen molar-refractivity contribution < 1.29 is 13.2 Å². The normalized spacial score (nSPS) is 17.6. The first-order valence-electron chi connectivity index (χ1n) is 5.00. The number of halogens is 3. The Hall–Kier alpha value is -0.250. The molecule has 0 heterocycles. The summed E-state index contributed by atoms with van der Waals surface area (Å²) in [4.78, 5) is 1.42. The van der Waals surface area contributed by atoms with Crippen LogP contribution in [-0.2, 0) is 0 Å². The van der Waals surface area contributed by atoms with Gasteiger partial charge >= 0.3 is 6.18 Å². The zero-order chi connectivity index (χ0) is 11.5. The van der Waals surface area contributed by atoms with Crippen LogP contribution >= 0.6 is 0 Å². The van der Waals surface area contributed by atoms with Crippen LogP contribution in [0.25, 0.3) is 0 Å². The van der Waals surface area contributed by atoms with E-state index < -0.39 is 12.2 Å². The van der Waals surface area contributed by atoms with Crippen LogP contribution < -0.4 is 0 Å². The molecule has 0 aromatic heterocycles. The number of rotatable bonds is 4. The molecule has 0 radical (unpaired) electrons. The number of alkyl halides is 3. The van der Waals surface area contributed by atoms with Crippen molar-refractivity contribution in [1.29, 1.82) is 0 Å². The number of hydrogen-bond acceptors (Lipinski definition) is 1. The number of nitrogens with zero attached hydrogens (tertiary/aromatic N) is 1. The summed E-state index contributed by atoms with van der Waals surface area (Å²) < 4.78 is 37.7. The van der Waals surface area contributed by atoms with Crippen LogP contribution in [-0.4, -0.2) is 30.2 Å². The number of hydrogen-bond donors (Lipinski definition) is 0. The first-order valence-corrected chi connectivity index (χ1v) is 5.00. The molecule has 86 valence electrons. The second-order valence-electron chi connectivity index (χ2n) is 4.12. The standard InChI is InChI=1S/C10H20F3N/c1-6-9(10(11,12)13)14(5)8(4)7(2)3/h7-9H,6H2,1-5H3/t8-,9+/m0/s1. The van der Waals surface area contributed by atoms with E-state index in [1.54, 1.807) is 14.0 Å². The van der Waals surface area contributed by atoms with Crippen molar-refractivity contribution in [2.45, 2.75) is 52.4 Å². The van der Waals surface area contributed by atoms with Crippen LogP contribution in [0.3, 0.4) is 0 Å². The van der Waals surface area contributed by atoms with Crippen LogP contribution in [0.1, 0.15) is 34.1 Å². The van der Waals surface area contributed by atoms with Gasteiger partial charge in [0.2, 0.25) is 0 Å². The van der Waals surface area contributed by atoms with Gasteiger partial charge in [0.1, 0.15) is 6.04 Å². The summed E-state index contributed by atoms with van der Waals surface area (Å²) in [5.41, 5.74) is 0. The van der Waals surface area contributed by atoms with Crippen molar-refractivity contribution in [3.05, 3.63) is 0 Å². The molecule has 0 fully saturated rings. The van der Waals surface area contributed by atoms with E-state index in [1.165, 1.54) is 4.90 Å². The summed E-state index contributed by atoms with van der Waals surface area (Å²) in [7, 11) is 1.55. The van der Waals surface area contributed by atoms with E-state index in [2.05, 4.69) is 0 Å². The minimum absolute atomic E-state index is 0.0541. The average Bonchev–Trinajstić information content (AvgIpc) is 2.01. The zero-order valence-corrected chi connectivity index (χ0v) is 9.52. The SMILES string of the molecule is CC[C@@H](N(C)[C@@H](C)C(C)C)C(F)(F)F. The van der Waals surface area contributed by atoms with Crippen molar-refractivity contribution in [3.63, 3.8) is 0 Å². The molecule has 0 bridgehead atoms. The average molecular weight is 211 g/mol. The van der Waals surface area contributed by atoms with Gasteiger partial charge in [-0.25, -0.2) is 0 Å². The lowest BCUT2D eigenvalue weighted by molar-refractivity contribution is -0.187. The lowest BCUT2D eigenvalue weighted by Crippen LogP contribution is -2.48. The van der Waals surface area contributed by atoms with E-state index in [1.807, 2.05) is 20.8 Å². The molecule has 0 aliphatic heterocycles. The molecule has 4 heteroatoms. The summed E-state index contributed by atoms with van der Waals surface area (Å²) in [5, 5.41) is 0. The van der Waals surface area contributed by atoms with Gasteiger partial charge in [-0.05, 0) is 26.3 Å². The highest BCUT2D eigenvalue weighted by Crippen LogP contribution is 2.28. The van der Waals surface area contributed by atoms with Crippen LogP contribution in [0, 0.1) is 5.92 Å². The van der Waals surface area contributed by atoms with E-state index in [-0.39, 0.29) is 18.4 Å². The molecule has 0 spiro atoms. The quantitative estimate of drug-likeness (QED) is 0.689. The molecule has 0 saturated heterocycles. The minimum Gasteiger partial charge on any atom is -0.292 e. The van der Waals surface area contributed by atoms with E-state index in [4.69, 9.17) is 0 Å². The molecular weight excluding hydrogens is 191 g/mol. The third kappa shape index (κ3) is 3.48. The zero-order valence-electron chi connectivity index (χ0n) is 9.52. The Morgan fingerprint density at radius 2 is 1.57 bits per heavy atom. The van der Waals surface area contributed by atoms with Gasteiger partial charge in [-0.1, -0.05) is 20.8 Å². The molecule has 0 amide bonds. The Labute approximate surface area is 84.3 Å². The molecule has 2 atom stereocenters. The molecule has 14 heavy (non-hydrogen) atoms. The molecule has 0 aromatic carbocycles. The maximum atomic E-state index is 12.6. The third-order valence-corrected chi connectivity index (χ3v) is 2.86. The molecule has 0 saturated carbocycles. The first kappa shape index (κ1) is 13.8. The molecule has 0 aromatic rings. The van der Waals surface area contributed by atoms with Gasteiger partial charge in [-0.3, -0.25) is 4.90 Å². The topological polar surface area (TPSA) is 3.24 Å². The summed E-state index contributed by atoms with van der Waals surface area (Å²) in [6.07, 6.45) is -4.01. The fraction of sp³-hybridized carbons (Fsp3) is 1.00. The third-order valence-electron chi connectivity index (χ3n) is 2.86. The van der Waals surface area contributed by atoms with E-state index in [0.29, 0.717) is 0 Å². The van der Waals surface area contributed by atoms with Gasteiger partial charge in [0.05, 0.1) is 0 Å². The van der Waals surface area contributed by atoms with E-state index in [9.17, 15) is 13.2 Å². The monoisotopic (exact) mass is 211 g/mol. The lowest BCUT2D eigenvalue weighted by Gasteiger charge is -2.35. The Morgan fingerprint density at radius 3 is 1.79 bits per heavy atom. The molecule has 0 aliphatic rings. The largest absolute Gasteiger partial charge is 0.404 e. The highest BCUT2D eigenvalue weighted by molar-refractivity contribution is 4.80. The smallest absolute Gasteiger partial charge is 0.292 e. The second-order valence-corrected chi connectivity index (χ2v) is 4.12. The Bertz CT molecular complexity index is 165. The predicted molar refractivity (Wildman–Crippen MR) is 52.2 cm³/mol. The summed E-state index contributed by atoms with van der Waals surface area (Å²) in [6, 6.07) is -1.37. The first-order chi connectivity index (χ1) is 6.21. The van der Waals surface area contributed by atoms with Crippen LogP contribution in [0.15, 0.2) is 0 Å². The van der Waals surface area contributed by atoms with Crippen molar-refractivity contribution in [2.75, 3.05) is 7.05 Å². The summed E-state index contributed by atoms with van der Waals surface area (Å²) in [6.45, 7) is 7.27. The van der Waals surface area contributed by atoms with Crippen LogP contribution in [0.4, 0.5) is 13.2 Å². The van der Waals surface area contributed by atoms with Gasteiger partial charge in [-0.15, -0.1) is 0 Å². The molecule has 0 unspecified atom stereocenters. The van der Waals surface area contributed by atoms with Crippen molar-refractivity contribution in [3.8, 4) is 0 Å². The molecule has 1 nitrogen and oxygen atoms in total. The lowest BCUT2D eigenvalue weighted by atomic mass is 10.0. The Kier molecular flexibility index (Phi) is 4.92. The van der Waals surface area contributed by atoms with Crippen molar-refractivity contribution in [1.82, 2.24) is 4.90 Å². The molecule has 0 N–H and O–H groups in total. The minimum atomic E-state index is -4.12. The molecule has 0 rings (SSSR count). The summed E-state index contributed by atoms with van der Waals surface area (Å²) >= 11 is 0. The van der Waals surface area contributed by atoms with E-state index in [0.717, 1.165) is 0 Å². The van der Waals surface area contributed by atoms with Crippen LogP contribution in [0.5, 0.6) is 0 Å². The van der Waals surface area contributed by atoms with Crippen molar-refractivity contribution >= 4 is 0 Å². The van der Waals surface area contributed by atoms with Crippen molar-refractivity contribution in [2.24, 2.45) is 5.92 Å². The molecular formula is C10H20F3N. The Balaban J connectivity index is 4.54. The fourth-order valence-electron chi connectivity index (χ4n) is 1.50. The molecule has 0 aliphatic carbocycles. The fourth-order valence-corrected chi connectivity index (χ4v) is 1.50. The van der Waals surface area contributed by atoms with Gasteiger partial charge < -0.3 is 0 Å². The highest BCUT2D eigenvalue weighted by Gasteiger charge is 2.42. The Morgan fingerprint density at radius 1 is 1.14 bits per heavy atom. The predicted octanol–water partition coefficient (Wildman–Crippen LogP) is 3.30. The second kappa shape index (κ2) is 5.01. The van der Waals surface area contributed by atoms with Crippen LogP contribution in [0.2, 0.25) is 0 Å².